The van der Waals surface area contributed by atoms with Crippen LogP contribution in [0.2, 0.25) is 0 Å². The monoisotopic (exact) mass is 756 g/mol. The molecule has 0 bridgehead atoms. The highest BCUT2D eigenvalue weighted by Gasteiger charge is 2.35. The molecule has 11 aromatic rings. The molecule has 12 rings (SSSR count). The predicted molar refractivity (Wildman–Crippen MR) is 241 cm³/mol. The zero-order valence-electron chi connectivity index (χ0n) is 32.5. The Bertz CT molecular complexity index is 3470. The zero-order valence-corrected chi connectivity index (χ0v) is 32.5. The van der Waals surface area contributed by atoms with Crippen LogP contribution in [-0.4, -0.2) is 19.5 Å². The lowest BCUT2D eigenvalue weighted by atomic mass is 9.82. The van der Waals surface area contributed by atoms with E-state index in [1.54, 1.807) is 0 Å². The van der Waals surface area contributed by atoms with Gasteiger partial charge in [-0.1, -0.05) is 153 Å². The number of fused-ring (bicyclic) bond motifs is 9. The van der Waals surface area contributed by atoms with Gasteiger partial charge in [0.1, 0.15) is 11.2 Å². The first-order chi connectivity index (χ1) is 29.0. The number of rotatable bonds is 5. The fourth-order valence-corrected chi connectivity index (χ4v) is 9.43. The molecule has 278 valence electrons. The van der Waals surface area contributed by atoms with Crippen LogP contribution in [0.15, 0.2) is 186 Å². The molecule has 5 nitrogen and oxygen atoms in total. The van der Waals surface area contributed by atoms with Crippen molar-refractivity contribution in [3.05, 3.63) is 193 Å². The summed E-state index contributed by atoms with van der Waals surface area (Å²) in [5.74, 6) is 1.93. The molecule has 59 heavy (non-hydrogen) atoms. The van der Waals surface area contributed by atoms with Crippen LogP contribution in [0.5, 0.6) is 0 Å². The number of furan rings is 1. The molecular formula is C54H36N4O. The third kappa shape index (κ3) is 5.08. The molecule has 0 saturated heterocycles. The van der Waals surface area contributed by atoms with Gasteiger partial charge in [0.15, 0.2) is 17.5 Å². The molecule has 5 heteroatoms. The van der Waals surface area contributed by atoms with Crippen LogP contribution in [0.3, 0.4) is 0 Å². The van der Waals surface area contributed by atoms with Gasteiger partial charge in [0, 0.05) is 43.8 Å². The molecule has 0 aliphatic heterocycles. The fourth-order valence-electron chi connectivity index (χ4n) is 9.43. The molecule has 0 unspecified atom stereocenters. The van der Waals surface area contributed by atoms with Crippen molar-refractivity contribution >= 4 is 43.7 Å². The second-order valence-electron chi connectivity index (χ2n) is 16.0. The van der Waals surface area contributed by atoms with Crippen LogP contribution < -0.4 is 0 Å². The second-order valence-corrected chi connectivity index (χ2v) is 16.0. The summed E-state index contributed by atoms with van der Waals surface area (Å²) in [7, 11) is 0. The summed E-state index contributed by atoms with van der Waals surface area (Å²) in [5.41, 5.74) is 15.1. The first-order valence-electron chi connectivity index (χ1n) is 20.1. The lowest BCUT2D eigenvalue weighted by Crippen LogP contribution is -2.15. The van der Waals surface area contributed by atoms with Gasteiger partial charge in [0.05, 0.1) is 22.1 Å². The van der Waals surface area contributed by atoms with Crippen molar-refractivity contribution in [2.45, 2.75) is 19.3 Å². The first kappa shape index (κ1) is 33.5. The number of aromatic nitrogens is 4. The van der Waals surface area contributed by atoms with Crippen molar-refractivity contribution in [3.8, 4) is 62.1 Å². The quantitative estimate of drug-likeness (QED) is 0.175. The number of para-hydroxylation sites is 2. The molecule has 0 spiro atoms. The van der Waals surface area contributed by atoms with E-state index in [0.29, 0.717) is 17.5 Å². The number of hydrogen-bond donors (Lipinski definition) is 0. The van der Waals surface area contributed by atoms with Gasteiger partial charge in [0.2, 0.25) is 0 Å². The van der Waals surface area contributed by atoms with E-state index in [0.717, 1.165) is 77.2 Å². The van der Waals surface area contributed by atoms with Gasteiger partial charge < -0.3 is 8.98 Å². The maximum atomic E-state index is 6.69. The standard InChI is InChI=1S/C54H36N4O/c1-54(2)43-23-11-9-19-38(43)39-29-27-36(32-44(39)54)53-56-51(34-17-7-4-8-18-34)55-52(57-53)35-28-30-46-42(31-35)40-20-10-12-24-45(40)58(46)47-25-14-26-48-49(47)41-22-13-21-37(50(41)59-48)33-15-5-3-6-16-33/h3-32H,1-2H3. The molecule has 3 heterocycles. The molecule has 0 amide bonds. The topological polar surface area (TPSA) is 56.7 Å². The second kappa shape index (κ2) is 12.7. The summed E-state index contributed by atoms with van der Waals surface area (Å²) >= 11 is 0. The van der Waals surface area contributed by atoms with E-state index in [1.807, 2.05) is 24.3 Å². The molecule has 1 aliphatic carbocycles. The van der Waals surface area contributed by atoms with Gasteiger partial charge in [-0.15, -0.1) is 0 Å². The van der Waals surface area contributed by atoms with E-state index in [9.17, 15) is 0 Å². The lowest BCUT2D eigenvalue weighted by molar-refractivity contribution is 0.660. The Labute approximate surface area is 340 Å². The van der Waals surface area contributed by atoms with Crippen LogP contribution >= 0.6 is 0 Å². The molecule has 0 radical (unpaired) electrons. The molecule has 0 N–H and O–H groups in total. The predicted octanol–water partition coefficient (Wildman–Crippen LogP) is 13.8. The van der Waals surface area contributed by atoms with E-state index in [-0.39, 0.29) is 5.41 Å². The normalized spacial score (nSPS) is 13.1. The molecule has 0 saturated carbocycles. The lowest BCUT2D eigenvalue weighted by Gasteiger charge is -2.21. The van der Waals surface area contributed by atoms with E-state index in [4.69, 9.17) is 19.4 Å². The van der Waals surface area contributed by atoms with Crippen LogP contribution in [0, 0.1) is 0 Å². The highest BCUT2D eigenvalue weighted by atomic mass is 16.3. The van der Waals surface area contributed by atoms with E-state index in [1.165, 1.54) is 22.3 Å². The number of nitrogens with zero attached hydrogens (tertiary/aromatic N) is 4. The number of benzene rings is 8. The zero-order chi connectivity index (χ0) is 39.2. The Hall–Kier alpha value is -7.63. The van der Waals surface area contributed by atoms with E-state index >= 15 is 0 Å². The molecule has 3 aromatic heterocycles. The van der Waals surface area contributed by atoms with Crippen LogP contribution in [-0.2, 0) is 5.41 Å². The summed E-state index contributed by atoms with van der Waals surface area (Å²) in [6, 6.07) is 64.1. The van der Waals surface area contributed by atoms with Crippen LogP contribution in [0.4, 0.5) is 0 Å². The average Bonchev–Trinajstić information content (AvgIpc) is 3.92. The average molecular weight is 757 g/mol. The molecular weight excluding hydrogens is 721 g/mol. The van der Waals surface area contributed by atoms with Crippen LogP contribution in [0.1, 0.15) is 25.0 Å². The van der Waals surface area contributed by atoms with Gasteiger partial charge in [-0.3, -0.25) is 0 Å². The Balaban J connectivity index is 1.04. The largest absolute Gasteiger partial charge is 0.455 e. The number of hydrogen-bond acceptors (Lipinski definition) is 4. The molecule has 8 aromatic carbocycles. The van der Waals surface area contributed by atoms with Crippen molar-refractivity contribution in [3.63, 3.8) is 0 Å². The fraction of sp³-hybridized carbons (Fsp3) is 0.0556. The van der Waals surface area contributed by atoms with Crippen molar-refractivity contribution < 1.29 is 4.42 Å². The first-order valence-corrected chi connectivity index (χ1v) is 20.1. The van der Waals surface area contributed by atoms with Gasteiger partial charge in [0.25, 0.3) is 0 Å². The summed E-state index contributed by atoms with van der Waals surface area (Å²) < 4.78 is 9.06. The molecule has 1 aliphatic rings. The molecule has 0 fully saturated rings. The van der Waals surface area contributed by atoms with Gasteiger partial charge >= 0.3 is 0 Å². The van der Waals surface area contributed by atoms with Crippen molar-refractivity contribution in [2.24, 2.45) is 0 Å². The molecule has 0 atom stereocenters. The van der Waals surface area contributed by atoms with E-state index < -0.39 is 0 Å². The Morgan fingerprint density at radius 2 is 1.02 bits per heavy atom. The van der Waals surface area contributed by atoms with Crippen LogP contribution in [0.25, 0.3) is 106 Å². The smallest absolute Gasteiger partial charge is 0.164 e. The maximum absolute atomic E-state index is 6.69. The summed E-state index contributed by atoms with van der Waals surface area (Å²) in [6.07, 6.45) is 0. The Morgan fingerprint density at radius 1 is 0.424 bits per heavy atom. The Kier molecular flexibility index (Phi) is 7.20. The highest BCUT2D eigenvalue weighted by Crippen LogP contribution is 2.49. The third-order valence-corrected chi connectivity index (χ3v) is 12.3. The van der Waals surface area contributed by atoms with Crippen molar-refractivity contribution in [1.82, 2.24) is 19.5 Å². The Morgan fingerprint density at radius 3 is 1.83 bits per heavy atom. The van der Waals surface area contributed by atoms with Gasteiger partial charge in [-0.2, -0.15) is 0 Å². The summed E-state index contributed by atoms with van der Waals surface area (Å²) in [6.45, 7) is 4.61. The van der Waals surface area contributed by atoms with Crippen molar-refractivity contribution in [1.29, 1.82) is 0 Å². The van der Waals surface area contributed by atoms with Gasteiger partial charge in [-0.25, -0.2) is 15.0 Å². The minimum absolute atomic E-state index is 0.142. The summed E-state index contributed by atoms with van der Waals surface area (Å²) in [5, 5.41) is 4.44. The minimum Gasteiger partial charge on any atom is -0.455 e. The van der Waals surface area contributed by atoms with E-state index in [2.05, 4.69) is 176 Å². The summed E-state index contributed by atoms with van der Waals surface area (Å²) in [4.78, 5) is 15.5. The SMILES string of the molecule is CC1(C)c2ccccc2-c2ccc(-c3nc(-c4ccccc4)nc(-c4ccc5c(c4)c4ccccc4n5-c4cccc5oc6c(-c7ccccc7)cccc6c45)n3)cc21. The minimum atomic E-state index is -0.142. The maximum Gasteiger partial charge on any atom is 0.164 e. The highest BCUT2D eigenvalue weighted by molar-refractivity contribution is 6.16. The van der Waals surface area contributed by atoms with Gasteiger partial charge in [-0.05, 0) is 70.3 Å². The third-order valence-electron chi connectivity index (χ3n) is 12.3. The van der Waals surface area contributed by atoms with Crippen molar-refractivity contribution in [2.75, 3.05) is 0 Å².